The first-order chi connectivity index (χ1) is 33.1. The number of fused-ring (bicyclic) bond motifs is 10. The van der Waals surface area contributed by atoms with Crippen LogP contribution in [0, 0.1) is 0 Å². The Morgan fingerprint density at radius 2 is 1.19 bits per heavy atom. The van der Waals surface area contributed by atoms with E-state index in [1.165, 1.54) is 99.2 Å². The fraction of sp³-hybridized carbons (Fsp3) is 0.0769. The predicted molar refractivity (Wildman–Crippen MR) is 283 cm³/mol. The van der Waals surface area contributed by atoms with Crippen LogP contribution in [0.5, 0.6) is 0 Å². The van der Waals surface area contributed by atoms with E-state index in [0.29, 0.717) is 0 Å². The van der Waals surface area contributed by atoms with Gasteiger partial charge in [-0.3, -0.25) is 0 Å². The standard InChI is InChI=1S/C65H48N2/c1-43-37-50-25-26-52-39-49-15-7-10-23-62(49)65(52)63(50)34-29-51-38-47(30-36-64(51)66(43)54-18-3-2-4-19-54)46-17-11-20-56(41-46)67(57-33-35-61-53(42-57)40-48-14-6-9-22-60(48)61)55-31-27-45(28-32-55)59-24-12-16-44-13-5-8-21-58(44)59/h2-18,20-28,30-38,41-42,54H,1,19,29,39-40H2/b50-37-,63-34+. The predicted octanol–water partition coefficient (Wildman–Crippen LogP) is 14.8. The van der Waals surface area contributed by atoms with Gasteiger partial charge in [0.25, 0.3) is 0 Å². The lowest BCUT2D eigenvalue weighted by atomic mass is 9.96. The van der Waals surface area contributed by atoms with Crippen molar-refractivity contribution in [3.05, 3.63) is 263 Å². The zero-order chi connectivity index (χ0) is 44.4. The van der Waals surface area contributed by atoms with Gasteiger partial charge in [0.2, 0.25) is 0 Å². The molecule has 0 radical (unpaired) electrons. The smallest absolute Gasteiger partial charge is 0.0559 e. The SMILES string of the molecule is C=C1/C=c2/ccc3c(/c2=C/Cc2cc(-c4cccc(N(c5ccc(-c6cccc7ccccc67)cc5)c5ccc6c(c5)Cc5ccccc5-6)c4)ccc2N1C1C=CC=CC1)-c1ccccc1C3. The summed E-state index contributed by atoms with van der Waals surface area (Å²) < 4.78 is 0. The van der Waals surface area contributed by atoms with E-state index >= 15 is 0 Å². The molecule has 2 nitrogen and oxygen atoms in total. The summed E-state index contributed by atoms with van der Waals surface area (Å²) in [5.74, 6) is 0. The van der Waals surface area contributed by atoms with Crippen molar-refractivity contribution >= 4 is 45.7 Å². The molecule has 0 saturated heterocycles. The van der Waals surface area contributed by atoms with Crippen LogP contribution in [0.2, 0.25) is 0 Å². The van der Waals surface area contributed by atoms with Crippen LogP contribution in [0.3, 0.4) is 0 Å². The average Bonchev–Trinajstić information content (AvgIpc) is 3.96. The molecular weight excluding hydrogens is 809 g/mol. The topological polar surface area (TPSA) is 6.48 Å². The maximum atomic E-state index is 4.78. The second-order valence-electron chi connectivity index (χ2n) is 18.4. The van der Waals surface area contributed by atoms with Gasteiger partial charge in [0, 0.05) is 28.4 Å². The van der Waals surface area contributed by atoms with E-state index in [1.807, 2.05) is 0 Å². The van der Waals surface area contributed by atoms with E-state index in [4.69, 9.17) is 6.58 Å². The largest absolute Gasteiger partial charge is 0.334 e. The van der Waals surface area contributed by atoms with Crippen LogP contribution in [0.15, 0.2) is 225 Å². The van der Waals surface area contributed by atoms with Crippen LogP contribution in [0.25, 0.3) is 67.4 Å². The molecule has 318 valence electrons. The Kier molecular flexibility index (Phi) is 9.39. The van der Waals surface area contributed by atoms with Gasteiger partial charge in [-0.1, -0.05) is 176 Å². The van der Waals surface area contributed by atoms with Crippen LogP contribution >= 0.6 is 0 Å². The molecule has 3 aliphatic carbocycles. The monoisotopic (exact) mass is 856 g/mol. The second-order valence-corrected chi connectivity index (χ2v) is 18.4. The zero-order valence-corrected chi connectivity index (χ0v) is 37.4. The molecular formula is C65H48N2. The van der Waals surface area contributed by atoms with Crippen LogP contribution in [0.1, 0.15) is 34.2 Å². The number of nitrogens with zero attached hydrogens (tertiary/aromatic N) is 2. The van der Waals surface area contributed by atoms with Gasteiger partial charge >= 0.3 is 0 Å². The lowest BCUT2D eigenvalue weighted by molar-refractivity contribution is 0.765. The van der Waals surface area contributed by atoms with Gasteiger partial charge in [0.05, 0.1) is 6.04 Å². The number of rotatable bonds is 6. The highest BCUT2D eigenvalue weighted by molar-refractivity contribution is 5.97. The molecule has 1 aliphatic heterocycles. The third-order valence-electron chi connectivity index (χ3n) is 14.5. The maximum absolute atomic E-state index is 4.78. The van der Waals surface area contributed by atoms with E-state index < -0.39 is 0 Å². The molecule has 0 fully saturated rings. The van der Waals surface area contributed by atoms with Crippen molar-refractivity contribution in [3.8, 4) is 44.5 Å². The molecule has 9 aromatic carbocycles. The first-order valence-electron chi connectivity index (χ1n) is 23.7. The summed E-state index contributed by atoms with van der Waals surface area (Å²) in [6.07, 6.45) is 17.4. The quantitative estimate of drug-likeness (QED) is 0.164. The molecule has 13 rings (SSSR count). The summed E-state index contributed by atoms with van der Waals surface area (Å²) in [6, 6.07) is 70.2. The van der Waals surface area contributed by atoms with Crippen molar-refractivity contribution in [3.63, 3.8) is 0 Å². The van der Waals surface area contributed by atoms with Gasteiger partial charge in [-0.05, 0) is 174 Å². The van der Waals surface area contributed by atoms with Crippen LogP contribution < -0.4 is 20.2 Å². The van der Waals surface area contributed by atoms with Gasteiger partial charge in [0.15, 0.2) is 0 Å². The highest BCUT2D eigenvalue weighted by Crippen LogP contribution is 2.44. The van der Waals surface area contributed by atoms with Gasteiger partial charge < -0.3 is 9.80 Å². The van der Waals surface area contributed by atoms with E-state index in [2.05, 4.69) is 234 Å². The van der Waals surface area contributed by atoms with Gasteiger partial charge in [-0.15, -0.1) is 0 Å². The molecule has 0 aromatic heterocycles. The molecule has 2 heteroatoms. The first kappa shape index (κ1) is 39.2. The van der Waals surface area contributed by atoms with E-state index in [0.717, 1.165) is 48.4 Å². The lowest BCUT2D eigenvalue weighted by Gasteiger charge is -2.34. The molecule has 1 unspecified atom stereocenters. The highest BCUT2D eigenvalue weighted by atomic mass is 15.2. The Balaban J connectivity index is 0.932. The van der Waals surface area contributed by atoms with Gasteiger partial charge in [0.1, 0.15) is 0 Å². The van der Waals surface area contributed by atoms with E-state index in [-0.39, 0.29) is 6.04 Å². The zero-order valence-electron chi connectivity index (χ0n) is 37.4. The summed E-state index contributed by atoms with van der Waals surface area (Å²) in [5, 5.41) is 5.05. The minimum atomic E-state index is 0.166. The number of benzene rings is 9. The Hall–Kier alpha value is -8.20. The van der Waals surface area contributed by atoms with Crippen molar-refractivity contribution in [1.29, 1.82) is 0 Å². The summed E-state index contributed by atoms with van der Waals surface area (Å²) in [6.45, 7) is 4.78. The van der Waals surface area contributed by atoms with E-state index in [1.54, 1.807) is 0 Å². The van der Waals surface area contributed by atoms with Crippen molar-refractivity contribution in [1.82, 2.24) is 0 Å². The van der Waals surface area contributed by atoms with Crippen LogP contribution in [-0.2, 0) is 19.3 Å². The molecule has 0 spiro atoms. The van der Waals surface area contributed by atoms with Crippen molar-refractivity contribution in [2.75, 3.05) is 9.80 Å². The number of hydrogen-bond donors (Lipinski definition) is 0. The molecule has 4 aliphatic rings. The van der Waals surface area contributed by atoms with E-state index in [9.17, 15) is 0 Å². The number of hydrogen-bond acceptors (Lipinski definition) is 2. The lowest BCUT2D eigenvalue weighted by Crippen LogP contribution is -2.34. The summed E-state index contributed by atoms with van der Waals surface area (Å²) >= 11 is 0. The molecule has 0 amide bonds. The molecule has 0 N–H and O–H groups in total. The minimum absolute atomic E-state index is 0.166. The van der Waals surface area contributed by atoms with Gasteiger partial charge in [-0.2, -0.15) is 0 Å². The van der Waals surface area contributed by atoms with Gasteiger partial charge in [-0.25, -0.2) is 0 Å². The Bertz CT molecular complexity index is 3670. The Labute approximate surface area is 392 Å². The fourth-order valence-corrected chi connectivity index (χ4v) is 11.4. The van der Waals surface area contributed by atoms with Crippen LogP contribution in [0.4, 0.5) is 22.7 Å². The third kappa shape index (κ3) is 6.79. The Morgan fingerprint density at radius 1 is 0.493 bits per heavy atom. The fourth-order valence-electron chi connectivity index (χ4n) is 11.4. The maximum Gasteiger partial charge on any atom is 0.0559 e. The third-order valence-corrected chi connectivity index (χ3v) is 14.5. The molecule has 67 heavy (non-hydrogen) atoms. The summed E-state index contributed by atoms with van der Waals surface area (Å²) in [4.78, 5) is 4.90. The highest BCUT2D eigenvalue weighted by Gasteiger charge is 2.26. The number of allylic oxidation sites excluding steroid dienone is 3. The first-order valence-corrected chi connectivity index (χ1v) is 23.7. The molecule has 1 atom stereocenters. The molecule has 9 aromatic rings. The molecule has 0 saturated carbocycles. The van der Waals surface area contributed by atoms with Crippen molar-refractivity contribution in [2.24, 2.45) is 0 Å². The van der Waals surface area contributed by atoms with Crippen molar-refractivity contribution in [2.45, 2.75) is 31.7 Å². The second kappa shape index (κ2) is 16.0. The molecule has 1 heterocycles. The summed E-state index contributed by atoms with van der Waals surface area (Å²) in [5.41, 5.74) is 22.7. The van der Waals surface area contributed by atoms with Crippen molar-refractivity contribution < 1.29 is 0 Å². The number of anilines is 4. The molecule has 0 bridgehead atoms. The normalized spacial score (nSPS) is 16.2. The average molecular weight is 857 g/mol. The summed E-state index contributed by atoms with van der Waals surface area (Å²) in [7, 11) is 0. The Morgan fingerprint density at radius 3 is 2.07 bits per heavy atom. The minimum Gasteiger partial charge on any atom is -0.334 e. The van der Waals surface area contributed by atoms with Crippen LogP contribution in [-0.4, -0.2) is 6.04 Å².